The summed E-state index contributed by atoms with van der Waals surface area (Å²) >= 11 is 0. The quantitative estimate of drug-likeness (QED) is 0.728. The van der Waals surface area contributed by atoms with E-state index in [1.54, 1.807) is 0 Å². The first kappa shape index (κ1) is 13.2. The predicted molar refractivity (Wildman–Crippen MR) is 60.2 cm³/mol. The normalized spacial score (nSPS) is 12.1. The fourth-order valence-corrected chi connectivity index (χ4v) is 1.69. The van der Waals surface area contributed by atoms with Gasteiger partial charge in [0, 0.05) is 0 Å². The average molecular weight is 238 g/mol. The number of hydrogen-bond donors (Lipinski definition) is 3. The van der Waals surface area contributed by atoms with E-state index < -0.39 is 18.0 Å². The van der Waals surface area contributed by atoms with Crippen molar-refractivity contribution in [2.75, 3.05) is 0 Å². The molecule has 1 aromatic rings. The highest BCUT2D eigenvalue weighted by Gasteiger charge is 2.23. The van der Waals surface area contributed by atoms with Crippen molar-refractivity contribution < 1.29 is 24.9 Å². The molecule has 0 aliphatic carbocycles. The maximum Gasteiger partial charge on any atom is 0.336 e. The van der Waals surface area contributed by atoms with E-state index in [1.807, 2.05) is 6.92 Å². The molecule has 0 bridgehead atoms. The van der Waals surface area contributed by atoms with Crippen LogP contribution in [0.15, 0.2) is 18.2 Å². The predicted octanol–water partition coefficient (Wildman–Crippen LogP) is 1.92. The van der Waals surface area contributed by atoms with Crippen LogP contribution in [0, 0.1) is 0 Å². The standard InChI is InChI=1S/C12H14O5/c1-2-4-9(13)7-5-3-6-8(11(14)15)10(7)12(16)17/h3,5-6,9,13H,2,4H2,1H3,(H,14,15)(H,16,17). The molecular weight excluding hydrogens is 224 g/mol. The first-order valence-corrected chi connectivity index (χ1v) is 5.26. The van der Waals surface area contributed by atoms with E-state index in [4.69, 9.17) is 10.2 Å². The van der Waals surface area contributed by atoms with Crippen molar-refractivity contribution in [3.05, 3.63) is 34.9 Å². The number of hydrogen-bond acceptors (Lipinski definition) is 3. The van der Waals surface area contributed by atoms with Crippen molar-refractivity contribution in [3.63, 3.8) is 0 Å². The number of carboxylic acid groups (broad SMARTS) is 2. The van der Waals surface area contributed by atoms with E-state index in [9.17, 15) is 14.7 Å². The monoisotopic (exact) mass is 238 g/mol. The SMILES string of the molecule is CCCC(O)c1cccc(C(=O)O)c1C(=O)O. The summed E-state index contributed by atoms with van der Waals surface area (Å²) in [5.41, 5.74) is -0.481. The molecule has 0 fully saturated rings. The van der Waals surface area contributed by atoms with Crippen molar-refractivity contribution in [2.24, 2.45) is 0 Å². The maximum absolute atomic E-state index is 11.1. The summed E-state index contributed by atoms with van der Waals surface area (Å²) in [5.74, 6) is -2.65. The van der Waals surface area contributed by atoms with Gasteiger partial charge in [0.05, 0.1) is 17.2 Å². The molecule has 0 spiro atoms. The summed E-state index contributed by atoms with van der Waals surface area (Å²) in [6, 6.07) is 4.09. The van der Waals surface area contributed by atoms with Crippen LogP contribution in [0.5, 0.6) is 0 Å². The van der Waals surface area contributed by atoms with Gasteiger partial charge >= 0.3 is 11.9 Å². The Balaban J connectivity index is 3.34. The Bertz CT molecular complexity index is 439. The fourth-order valence-electron chi connectivity index (χ4n) is 1.69. The molecule has 0 heterocycles. The molecule has 1 atom stereocenters. The lowest BCUT2D eigenvalue weighted by atomic mass is 9.95. The Hall–Kier alpha value is -1.88. The molecule has 5 nitrogen and oxygen atoms in total. The molecular formula is C12H14O5. The minimum absolute atomic E-state index is 0.152. The summed E-state index contributed by atoms with van der Waals surface area (Å²) in [6.07, 6.45) is 0.117. The van der Waals surface area contributed by atoms with Gasteiger partial charge in [0.2, 0.25) is 0 Å². The first-order chi connectivity index (χ1) is 7.99. The highest BCUT2D eigenvalue weighted by Crippen LogP contribution is 2.25. The second kappa shape index (κ2) is 5.45. The molecule has 0 saturated heterocycles. The van der Waals surface area contributed by atoms with Crippen LogP contribution in [0.4, 0.5) is 0 Å². The molecule has 17 heavy (non-hydrogen) atoms. The molecule has 0 aliphatic rings. The van der Waals surface area contributed by atoms with Crippen LogP contribution in [0.25, 0.3) is 0 Å². The Morgan fingerprint density at radius 3 is 2.35 bits per heavy atom. The molecule has 92 valence electrons. The van der Waals surface area contributed by atoms with Gasteiger partial charge in [-0.2, -0.15) is 0 Å². The minimum atomic E-state index is -1.34. The van der Waals surface area contributed by atoms with E-state index in [0.29, 0.717) is 12.8 Å². The van der Waals surface area contributed by atoms with Crippen LogP contribution in [-0.4, -0.2) is 27.3 Å². The average Bonchev–Trinajstić information content (AvgIpc) is 2.28. The Labute approximate surface area is 98.3 Å². The summed E-state index contributed by atoms with van der Waals surface area (Å²) in [5, 5.41) is 27.7. The van der Waals surface area contributed by atoms with Gasteiger partial charge in [-0.3, -0.25) is 0 Å². The van der Waals surface area contributed by atoms with Gasteiger partial charge in [0.1, 0.15) is 0 Å². The first-order valence-electron chi connectivity index (χ1n) is 5.26. The van der Waals surface area contributed by atoms with Crippen LogP contribution in [0.2, 0.25) is 0 Å². The van der Waals surface area contributed by atoms with Gasteiger partial charge in [0.15, 0.2) is 0 Å². The Morgan fingerprint density at radius 2 is 1.88 bits per heavy atom. The van der Waals surface area contributed by atoms with Crippen molar-refractivity contribution in [3.8, 4) is 0 Å². The Morgan fingerprint density at radius 1 is 1.24 bits per heavy atom. The number of aliphatic hydroxyl groups excluding tert-OH is 1. The van der Waals surface area contributed by atoms with Gasteiger partial charge in [-0.1, -0.05) is 25.5 Å². The highest BCUT2D eigenvalue weighted by atomic mass is 16.4. The number of carbonyl (C=O) groups is 2. The molecule has 1 rings (SSSR count). The van der Waals surface area contributed by atoms with E-state index in [-0.39, 0.29) is 16.7 Å². The third kappa shape index (κ3) is 2.82. The summed E-state index contributed by atoms with van der Waals surface area (Å²) < 4.78 is 0. The summed E-state index contributed by atoms with van der Waals surface area (Å²) in [6.45, 7) is 1.85. The molecule has 0 radical (unpaired) electrons. The van der Waals surface area contributed by atoms with E-state index in [0.717, 1.165) is 0 Å². The Kier molecular flexibility index (Phi) is 4.23. The molecule has 0 aliphatic heterocycles. The van der Waals surface area contributed by atoms with Crippen molar-refractivity contribution in [1.29, 1.82) is 0 Å². The fraction of sp³-hybridized carbons (Fsp3) is 0.333. The molecule has 5 heteroatoms. The van der Waals surface area contributed by atoms with Crippen LogP contribution in [0.3, 0.4) is 0 Å². The largest absolute Gasteiger partial charge is 0.478 e. The maximum atomic E-state index is 11.1. The molecule has 0 aromatic heterocycles. The van der Waals surface area contributed by atoms with Crippen molar-refractivity contribution in [2.45, 2.75) is 25.9 Å². The molecule has 3 N–H and O–H groups in total. The van der Waals surface area contributed by atoms with Crippen molar-refractivity contribution >= 4 is 11.9 Å². The zero-order chi connectivity index (χ0) is 13.0. The third-order valence-electron chi connectivity index (χ3n) is 2.46. The summed E-state index contributed by atoms with van der Waals surface area (Å²) in [4.78, 5) is 22.0. The van der Waals surface area contributed by atoms with Gasteiger partial charge in [-0.25, -0.2) is 9.59 Å². The van der Waals surface area contributed by atoms with Gasteiger partial charge in [-0.05, 0) is 18.1 Å². The van der Waals surface area contributed by atoms with Crippen LogP contribution in [0.1, 0.15) is 52.1 Å². The van der Waals surface area contributed by atoms with E-state index >= 15 is 0 Å². The third-order valence-corrected chi connectivity index (χ3v) is 2.46. The zero-order valence-electron chi connectivity index (χ0n) is 9.38. The number of benzene rings is 1. The molecule has 1 unspecified atom stereocenters. The molecule has 0 amide bonds. The van der Waals surface area contributed by atoms with Gasteiger partial charge in [0.25, 0.3) is 0 Å². The van der Waals surface area contributed by atoms with Crippen LogP contribution < -0.4 is 0 Å². The lowest BCUT2D eigenvalue weighted by Crippen LogP contribution is -2.13. The molecule has 1 aromatic carbocycles. The number of carboxylic acids is 2. The minimum Gasteiger partial charge on any atom is -0.478 e. The lowest BCUT2D eigenvalue weighted by Gasteiger charge is -2.14. The second-order valence-corrected chi connectivity index (χ2v) is 3.68. The van der Waals surface area contributed by atoms with Gasteiger partial charge < -0.3 is 15.3 Å². The highest BCUT2D eigenvalue weighted by molar-refractivity contribution is 6.02. The van der Waals surface area contributed by atoms with E-state index in [2.05, 4.69) is 0 Å². The van der Waals surface area contributed by atoms with Gasteiger partial charge in [-0.15, -0.1) is 0 Å². The number of aliphatic hydroxyl groups is 1. The smallest absolute Gasteiger partial charge is 0.336 e. The molecule has 0 saturated carbocycles. The number of rotatable bonds is 5. The lowest BCUT2D eigenvalue weighted by molar-refractivity contribution is 0.0645. The number of aromatic carboxylic acids is 2. The summed E-state index contributed by atoms with van der Waals surface area (Å²) in [7, 11) is 0. The van der Waals surface area contributed by atoms with E-state index in [1.165, 1.54) is 18.2 Å². The van der Waals surface area contributed by atoms with Crippen molar-refractivity contribution in [1.82, 2.24) is 0 Å². The van der Waals surface area contributed by atoms with Crippen LogP contribution in [-0.2, 0) is 0 Å². The topological polar surface area (TPSA) is 94.8 Å². The van der Waals surface area contributed by atoms with Crippen LogP contribution >= 0.6 is 0 Å². The zero-order valence-corrected chi connectivity index (χ0v) is 9.38. The second-order valence-electron chi connectivity index (χ2n) is 3.68.